The van der Waals surface area contributed by atoms with Crippen LogP contribution in [0.3, 0.4) is 0 Å². The van der Waals surface area contributed by atoms with E-state index in [1.807, 2.05) is 67.6 Å². The number of hydrogen-bond donors (Lipinski definition) is 0. The Hall–Kier alpha value is -3.06. The van der Waals surface area contributed by atoms with Crippen LogP contribution in [0, 0.1) is 18.3 Å². The van der Waals surface area contributed by atoms with Crippen molar-refractivity contribution in [1.82, 2.24) is 0 Å². The number of hydrogen-bond acceptors (Lipinski definition) is 2. The first kappa shape index (κ1) is 21.2. The molecule has 0 aromatic heterocycles. The zero-order chi connectivity index (χ0) is 21.8. The van der Waals surface area contributed by atoms with Crippen molar-refractivity contribution in [3.05, 3.63) is 111 Å². The molecule has 0 heterocycles. The van der Waals surface area contributed by atoms with Crippen LogP contribution in [0.1, 0.15) is 22.3 Å². The van der Waals surface area contributed by atoms with E-state index in [4.69, 9.17) is 16.3 Å². The molecule has 4 aromatic carbocycles. The van der Waals surface area contributed by atoms with Gasteiger partial charge in [-0.15, -0.1) is 0 Å². The summed E-state index contributed by atoms with van der Waals surface area (Å²) in [6.07, 6.45) is 1.83. The van der Waals surface area contributed by atoms with Crippen LogP contribution in [-0.2, 0) is 6.61 Å². The molecule has 0 amide bonds. The summed E-state index contributed by atoms with van der Waals surface area (Å²) in [4.78, 5) is 0. The molecule has 0 aliphatic carbocycles. The Balaban J connectivity index is 1.60. The highest BCUT2D eigenvalue weighted by Crippen LogP contribution is 2.36. The number of aryl methyl sites for hydroxylation is 1. The summed E-state index contributed by atoms with van der Waals surface area (Å²) < 4.78 is 6.82. The van der Waals surface area contributed by atoms with Crippen molar-refractivity contribution in [1.29, 1.82) is 5.26 Å². The number of halogens is 2. The lowest BCUT2D eigenvalue weighted by Crippen LogP contribution is -1.98. The lowest BCUT2D eigenvalue weighted by atomic mass is 10.0. The van der Waals surface area contributed by atoms with E-state index in [2.05, 4.69) is 46.3 Å². The van der Waals surface area contributed by atoms with Crippen LogP contribution in [0.4, 0.5) is 0 Å². The maximum Gasteiger partial charge on any atom is 0.152 e. The smallest absolute Gasteiger partial charge is 0.152 e. The number of rotatable bonds is 5. The minimum Gasteiger partial charge on any atom is -0.486 e. The van der Waals surface area contributed by atoms with E-state index in [1.165, 1.54) is 5.39 Å². The summed E-state index contributed by atoms with van der Waals surface area (Å²) in [5, 5.41) is 12.4. The van der Waals surface area contributed by atoms with Crippen molar-refractivity contribution >= 4 is 50.0 Å². The number of fused-ring (bicyclic) bond motifs is 1. The van der Waals surface area contributed by atoms with Gasteiger partial charge in [-0.2, -0.15) is 5.26 Å². The van der Waals surface area contributed by atoms with Crippen LogP contribution in [0.5, 0.6) is 5.75 Å². The zero-order valence-electron chi connectivity index (χ0n) is 16.9. The third kappa shape index (κ3) is 4.82. The molecule has 0 atom stereocenters. The monoisotopic (exact) mass is 487 g/mol. The average Bonchev–Trinajstić information content (AvgIpc) is 2.77. The molecule has 2 nitrogen and oxygen atoms in total. The van der Waals surface area contributed by atoms with Crippen molar-refractivity contribution in [2.45, 2.75) is 13.5 Å². The molecule has 0 aliphatic rings. The predicted molar refractivity (Wildman–Crippen MR) is 132 cm³/mol. The molecule has 0 bridgehead atoms. The third-order valence-corrected chi connectivity index (χ3v) is 5.94. The Morgan fingerprint density at radius 1 is 1.03 bits per heavy atom. The molecule has 0 aliphatic heterocycles. The summed E-state index contributed by atoms with van der Waals surface area (Å²) in [7, 11) is 0. The van der Waals surface area contributed by atoms with Crippen LogP contribution in [0.25, 0.3) is 22.4 Å². The summed E-state index contributed by atoms with van der Waals surface area (Å²) in [5.74, 6) is 0.584. The second-order valence-electron chi connectivity index (χ2n) is 7.28. The van der Waals surface area contributed by atoms with Gasteiger partial charge >= 0.3 is 0 Å². The molecule has 4 heteroatoms. The number of nitrogens with zero attached hydrogens (tertiary/aromatic N) is 1. The van der Waals surface area contributed by atoms with Gasteiger partial charge in [-0.25, -0.2) is 0 Å². The van der Waals surface area contributed by atoms with E-state index in [9.17, 15) is 5.26 Å². The second kappa shape index (κ2) is 9.39. The molecular formula is C27H19BrClNO. The van der Waals surface area contributed by atoms with Gasteiger partial charge in [0.15, 0.2) is 5.75 Å². The van der Waals surface area contributed by atoms with E-state index < -0.39 is 0 Å². The van der Waals surface area contributed by atoms with E-state index >= 15 is 0 Å². The fourth-order valence-corrected chi connectivity index (χ4v) is 4.44. The highest BCUT2D eigenvalue weighted by molar-refractivity contribution is 9.10. The number of nitriles is 1. The number of allylic oxidation sites excluding steroid dienone is 1. The maximum atomic E-state index is 9.61. The highest BCUT2D eigenvalue weighted by atomic mass is 79.9. The van der Waals surface area contributed by atoms with Gasteiger partial charge in [0, 0.05) is 0 Å². The molecule has 4 rings (SSSR count). The first-order chi connectivity index (χ1) is 15.0. The Morgan fingerprint density at radius 2 is 1.77 bits per heavy atom. The van der Waals surface area contributed by atoms with Gasteiger partial charge in [0.05, 0.1) is 21.1 Å². The molecule has 152 valence electrons. The van der Waals surface area contributed by atoms with Crippen LogP contribution in [0.15, 0.2) is 83.3 Å². The highest BCUT2D eigenvalue weighted by Gasteiger charge is 2.11. The average molecular weight is 489 g/mol. The molecule has 0 N–H and O–H groups in total. The van der Waals surface area contributed by atoms with Crippen LogP contribution < -0.4 is 4.74 Å². The molecule has 0 radical (unpaired) electrons. The summed E-state index contributed by atoms with van der Waals surface area (Å²) in [6, 6.07) is 28.3. The molecular weight excluding hydrogens is 470 g/mol. The third-order valence-electron chi connectivity index (χ3n) is 5.07. The fourth-order valence-electron chi connectivity index (χ4n) is 3.45. The van der Waals surface area contributed by atoms with Crippen molar-refractivity contribution in [3.63, 3.8) is 0 Å². The lowest BCUT2D eigenvalue weighted by Gasteiger charge is -2.13. The topological polar surface area (TPSA) is 33.0 Å². The fraction of sp³-hybridized carbons (Fsp3) is 0.0741. The van der Waals surface area contributed by atoms with Crippen LogP contribution in [0.2, 0.25) is 5.02 Å². The summed E-state index contributed by atoms with van der Waals surface area (Å²) in [5.41, 5.74) is 4.52. The molecule has 31 heavy (non-hydrogen) atoms. The minimum atomic E-state index is 0.404. The van der Waals surface area contributed by atoms with E-state index in [0.717, 1.165) is 32.1 Å². The van der Waals surface area contributed by atoms with Gasteiger partial charge in [-0.05, 0) is 68.5 Å². The zero-order valence-corrected chi connectivity index (χ0v) is 19.2. The quantitative estimate of drug-likeness (QED) is 0.209. The van der Waals surface area contributed by atoms with Gasteiger partial charge in [-0.3, -0.25) is 0 Å². The summed E-state index contributed by atoms with van der Waals surface area (Å²) in [6.45, 7) is 2.43. The molecule has 0 fully saturated rings. The molecule has 4 aromatic rings. The van der Waals surface area contributed by atoms with Crippen LogP contribution in [-0.4, -0.2) is 0 Å². The largest absolute Gasteiger partial charge is 0.486 e. The second-order valence-corrected chi connectivity index (χ2v) is 8.54. The lowest BCUT2D eigenvalue weighted by molar-refractivity contribution is 0.306. The van der Waals surface area contributed by atoms with E-state index in [-0.39, 0.29) is 0 Å². The molecule has 0 spiro atoms. The Bertz CT molecular complexity index is 1290. The standard InChI is InChI=1S/C27H19BrClNO/c1-18-9-11-20(12-10-18)23(16-30)13-19-14-25(28)27(26(29)15-19)31-17-22-7-4-6-21-5-2-3-8-24(21)22/h2-15H,17H2,1H3/b23-13-. The maximum absolute atomic E-state index is 9.61. The Labute approximate surface area is 195 Å². The van der Waals surface area contributed by atoms with Crippen molar-refractivity contribution in [2.75, 3.05) is 0 Å². The van der Waals surface area contributed by atoms with E-state index in [1.54, 1.807) is 0 Å². The van der Waals surface area contributed by atoms with Crippen molar-refractivity contribution < 1.29 is 4.74 Å². The van der Waals surface area contributed by atoms with Gasteiger partial charge < -0.3 is 4.74 Å². The van der Waals surface area contributed by atoms with Gasteiger partial charge in [-0.1, -0.05) is 83.9 Å². The SMILES string of the molecule is Cc1ccc(/C(C#N)=C\c2cc(Cl)c(OCc3cccc4ccccc34)c(Br)c2)cc1. The van der Waals surface area contributed by atoms with Crippen molar-refractivity contribution in [3.8, 4) is 11.8 Å². The van der Waals surface area contributed by atoms with Crippen molar-refractivity contribution in [2.24, 2.45) is 0 Å². The molecule has 0 saturated carbocycles. The summed E-state index contributed by atoms with van der Waals surface area (Å²) >= 11 is 10.1. The number of benzene rings is 4. The number of ether oxygens (including phenoxy) is 1. The van der Waals surface area contributed by atoms with Gasteiger partial charge in [0.1, 0.15) is 6.61 Å². The predicted octanol–water partition coefficient (Wildman–Crippen LogP) is 8.21. The minimum absolute atomic E-state index is 0.404. The Morgan fingerprint density at radius 3 is 2.52 bits per heavy atom. The van der Waals surface area contributed by atoms with E-state index in [0.29, 0.717) is 23.0 Å². The molecule has 0 saturated heterocycles. The van der Waals surface area contributed by atoms with Gasteiger partial charge in [0.25, 0.3) is 0 Å². The first-order valence-corrected chi connectivity index (χ1v) is 11.0. The van der Waals surface area contributed by atoms with Gasteiger partial charge in [0.2, 0.25) is 0 Å². The normalized spacial score (nSPS) is 11.4. The first-order valence-electron chi connectivity index (χ1n) is 9.82. The molecule has 0 unspecified atom stereocenters. The van der Waals surface area contributed by atoms with Crippen LogP contribution >= 0.6 is 27.5 Å². The Kier molecular flexibility index (Phi) is 6.42.